The Labute approximate surface area is 288 Å². The Bertz CT molecular complexity index is 1720. The molecule has 2 heterocycles. The monoisotopic (exact) mass is 664 g/mol. The molecule has 4 aromatic rings. The van der Waals surface area contributed by atoms with E-state index >= 15 is 0 Å². The van der Waals surface area contributed by atoms with Gasteiger partial charge >= 0.3 is 6.09 Å². The first-order chi connectivity index (χ1) is 24.0. The molecule has 0 bridgehead atoms. The quantitative estimate of drug-likeness (QED) is 0.158. The second-order valence-corrected chi connectivity index (χ2v) is 12.3. The minimum absolute atomic E-state index is 0.00179. The van der Waals surface area contributed by atoms with Gasteiger partial charge in [0.1, 0.15) is 6.61 Å². The summed E-state index contributed by atoms with van der Waals surface area (Å²) in [5.74, 6) is 1.50. The third-order valence-corrected chi connectivity index (χ3v) is 9.14. The van der Waals surface area contributed by atoms with Crippen LogP contribution in [0.5, 0.6) is 11.5 Å². The Morgan fingerprint density at radius 2 is 1.67 bits per heavy atom. The first-order valence-corrected chi connectivity index (χ1v) is 16.6. The lowest BCUT2D eigenvalue weighted by molar-refractivity contribution is -0.253. The van der Waals surface area contributed by atoms with Crippen LogP contribution in [0.1, 0.15) is 52.2 Å². The van der Waals surface area contributed by atoms with E-state index in [2.05, 4.69) is 41.1 Å². The number of carbonyl (C=O) groups is 1. The average Bonchev–Trinajstić information content (AvgIpc) is 3.15. The maximum absolute atomic E-state index is 12.0. The van der Waals surface area contributed by atoms with Crippen LogP contribution < -0.4 is 14.8 Å². The van der Waals surface area contributed by atoms with E-state index in [9.17, 15) is 9.90 Å². The minimum Gasteiger partial charge on any atom is -0.493 e. The van der Waals surface area contributed by atoms with E-state index in [-0.39, 0.29) is 25.4 Å². The van der Waals surface area contributed by atoms with Crippen molar-refractivity contribution in [3.8, 4) is 22.6 Å². The highest BCUT2D eigenvalue weighted by Gasteiger charge is 2.34. The van der Waals surface area contributed by atoms with Crippen molar-refractivity contribution in [3.05, 3.63) is 131 Å². The number of hydrogen-bond donors (Lipinski definition) is 2. The molecule has 1 saturated heterocycles. The van der Waals surface area contributed by atoms with Gasteiger partial charge in [0, 0.05) is 38.2 Å². The zero-order valence-electron chi connectivity index (χ0n) is 28.1. The maximum atomic E-state index is 12.0. The number of nitrogens with zero attached hydrogens (tertiary/aromatic N) is 1. The number of aliphatic hydroxyl groups excluding tert-OH is 1. The smallest absolute Gasteiger partial charge is 0.407 e. The molecule has 0 radical (unpaired) electrons. The van der Waals surface area contributed by atoms with Crippen LogP contribution in [0, 0.1) is 0 Å². The molecule has 256 valence electrons. The summed E-state index contributed by atoms with van der Waals surface area (Å²) in [4.78, 5) is 14.5. The van der Waals surface area contributed by atoms with Gasteiger partial charge in [-0.15, -0.1) is 0 Å². The standard InChI is InChI=1S/C40H44N2O7/c1-4-19-47-40(44)41-23-32-7-5-6-8-35(32)28-13-15-30(16-14-28)39-48-34(22-36(49-39)29-11-9-27(26-43)10-12-29)25-42-18-17-31-20-37(45-2)38(46-3)21-33(31)24-42/h4-16,20-21,34,36,39,43H,1,17-19,22-26H2,2-3H3,(H,41,44). The van der Waals surface area contributed by atoms with Crippen LogP contribution in [0.4, 0.5) is 4.79 Å². The number of carbonyl (C=O) groups excluding carboxylic acids is 1. The summed E-state index contributed by atoms with van der Waals surface area (Å²) in [6.07, 6.45) is 1.86. The number of amides is 1. The van der Waals surface area contributed by atoms with Crippen molar-refractivity contribution in [1.82, 2.24) is 10.2 Å². The largest absolute Gasteiger partial charge is 0.493 e. The van der Waals surface area contributed by atoms with Crippen molar-refractivity contribution in [1.29, 1.82) is 0 Å². The molecule has 4 aromatic carbocycles. The second-order valence-electron chi connectivity index (χ2n) is 12.3. The van der Waals surface area contributed by atoms with Crippen LogP contribution in [0.2, 0.25) is 0 Å². The summed E-state index contributed by atoms with van der Waals surface area (Å²) in [7, 11) is 3.34. The van der Waals surface area contributed by atoms with Crippen LogP contribution in [0.15, 0.2) is 97.6 Å². The van der Waals surface area contributed by atoms with E-state index in [0.29, 0.717) is 13.0 Å². The third-order valence-electron chi connectivity index (χ3n) is 9.14. The lowest BCUT2D eigenvalue weighted by Crippen LogP contribution is -2.41. The fraction of sp³-hybridized carbons (Fsp3) is 0.325. The molecule has 1 amide bonds. The van der Waals surface area contributed by atoms with Crippen LogP contribution in [-0.2, 0) is 40.3 Å². The Morgan fingerprint density at radius 3 is 2.39 bits per heavy atom. The Balaban J connectivity index is 1.20. The van der Waals surface area contributed by atoms with Gasteiger partial charge in [0.25, 0.3) is 0 Å². The fourth-order valence-corrected chi connectivity index (χ4v) is 6.55. The second kappa shape index (κ2) is 16.2. The lowest BCUT2D eigenvalue weighted by Gasteiger charge is -2.39. The van der Waals surface area contributed by atoms with Crippen molar-refractivity contribution in [2.24, 2.45) is 0 Å². The average molecular weight is 665 g/mol. The first-order valence-electron chi connectivity index (χ1n) is 16.6. The van der Waals surface area contributed by atoms with Crippen molar-refractivity contribution < 1.29 is 33.6 Å². The number of rotatable bonds is 12. The molecule has 0 aromatic heterocycles. The van der Waals surface area contributed by atoms with Gasteiger partial charge in [-0.05, 0) is 57.5 Å². The third kappa shape index (κ3) is 8.32. The van der Waals surface area contributed by atoms with Crippen molar-refractivity contribution in [2.75, 3.05) is 33.9 Å². The summed E-state index contributed by atoms with van der Waals surface area (Å²) >= 11 is 0. The molecule has 0 spiro atoms. The summed E-state index contributed by atoms with van der Waals surface area (Å²) in [6, 6.07) is 28.3. The highest BCUT2D eigenvalue weighted by atomic mass is 16.7. The number of nitrogens with one attached hydrogen (secondary N) is 1. The lowest BCUT2D eigenvalue weighted by atomic mass is 9.96. The van der Waals surface area contributed by atoms with Crippen LogP contribution in [0.25, 0.3) is 11.1 Å². The normalized spacial score (nSPS) is 19.0. The summed E-state index contributed by atoms with van der Waals surface area (Å²) in [5, 5.41) is 12.4. The van der Waals surface area contributed by atoms with Gasteiger partial charge in [0.05, 0.1) is 33.0 Å². The SMILES string of the molecule is C=CCOC(=O)NCc1ccccc1-c1ccc(C2OC(CN3CCc4cc(OC)c(OC)cc4C3)CC(c3ccc(CO)cc3)O2)cc1. The van der Waals surface area contributed by atoms with Gasteiger partial charge < -0.3 is 34.1 Å². The number of ether oxygens (including phenoxy) is 5. The molecule has 9 heteroatoms. The highest BCUT2D eigenvalue weighted by Crippen LogP contribution is 2.40. The molecule has 1 fully saturated rings. The van der Waals surface area contributed by atoms with Gasteiger partial charge in [-0.3, -0.25) is 4.90 Å². The van der Waals surface area contributed by atoms with E-state index in [4.69, 9.17) is 23.7 Å². The van der Waals surface area contributed by atoms with Crippen molar-refractivity contribution in [3.63, 3.8) is 0 Å². The number of alkyl carbamates (subject to hydrolysis) is 1. The van der Waals surface area contributed by atoms with Gasteiger partial charge in [-0.2, -0.15) is 0 Å². The Morgan fingerprint density at radius 1 is 0.959 bits per heavy atom. The van der Waals surface area contributed by atoms with Crippen molar-refractivity contribution >= 4 is 6.09 Å². The van der Waals surface area contributed by atoms with E-state index in [1.807, 2.05) is 60.7 Å². The Hall–Kier alpha value is -4.67. The van der Waals surface area contributed by atoms with E-state index < -0.39 is 12.4 Å². The molecule has 9 nitrogen and oxygen atoms in total. The molecule has 6 rings (SSSR count). The van der Waals surface area contributed by atoms with E-state index in [1.54, 1.807) is 14.2 Å². The number of benzene rings is 4. The van der Waals surface area contributed by atoms with Gasteiger partial charge in [0.15, 0.2) is 17.8 Å². The summed E-state index contributed by atoms with van der Waals surface area (Å²) in [6.45, 7) is 6.54. The summed E-state index contributed by atoms with van der Waals surface area (Å²) < 4.78 is 29.5. The number of fused-ring (bicyclic) bond motifs is 1. The van der Waals surface area contributed by atoms with Crippen molar-refractivity contribution in [2.45, 2.75) is 51.0 Å². The number of hydrogen-bond acceptors (Lipinski definition) is 8. The maximum Gasteiger partial charge on any atom is 0.407 e. The van der Waals surface area contributed by atoms with Gasteiger partial charge in [0.2, 0.25) is 0 Å². The summed E-state index contributed by atoms with van der Waals surface area (Å²) in [5.41, 5.74) is 8.38. The predicted molar refractivity (Wildman–Crippen MR) is 187 cm³/mol. The molecule has 2 aliphatic rings. The van der Waals surface area contributed by atoms with Crippen LogP contribution >= 0.6 is 0 Å². The number of aliphatic hydroxyl groups is 1. The molecule has 3 unspecified atom stereocenters. The van der Waals surface area contributed by atoms with Crippen LogP contribution in [0.3, 0.4) is 0 Å². The topological polar surface area (TPSA) is 98.7 Å². The van der Waals surface area contributed by atoms with Gasteiger partial charge in [-0.25, -0.2) is 4.79 Å². The molecule has 0 saturated carbocycles. The molecule has 49 heavy (non-hydrogen) atoms. The Kier molecular flexibility index (Phi) is 11.3. The zero-order valence-corrected chi connectivity index (χ0v) is 28.1. The van der Waals surface area contributed by atoms with E-state index in [1.165, 1.54) is 17.2 Å². The minimum atomic E-state index is -0.562. The van der Waals surface area contributed by atoms with E-state index in [0.717, 1.165) is 70.9 Å². The molecule has 2 aliphatic heterocycles. The van der Waals surface area contributed by atoms with Crippen LogP contribution in [-0.4, -0.2) is 56.1 Å². The molecular formula is C40H44N2O7. The molecule has 0 aliphatic carbocycles. The molecule has 2 N–H and O–H groups in total. The predicted octanol–water partition coefficient (Wildman–Crippen LogP) is 6.88. The first kappa shape index (κ1) is 34.2. The van der Waals surface area contributed by atoms with Gasteiger partial charge in [-0.1, -0.05) is 85.5 Å². The molecular weight excluding hydrogens is 620 g/mol. The zero-order chi connectivity index (χ0) is 34.2. The highest BCUT2D eigenvalue weighted by molar-refractivity contribution is 5.70. The molecule has 3 atom stereocenters. The fourth-order valence-electron chi connectivity index (χ4n) is 6.55. The number of methoxy groups -OCH3 is 2.